The van der Waals surface area contributed by atoms with E-state index in [0.717, 1.165) is 9.56 Å². The second-order valence-corrected chi connectivity index (χ2v) is 8.90. The minimum Gasteiger partial charge on any atom is -0.459 e. The number of fused-ring (bicyclic) bond motifs is 1. The average Bonchev–Trinajstić information content (AvgIpc) is 3.58. The number of hydrogen-bond donors (Lipinski definition) is 1. The summed E-state index contributed by atoms with van der Waals surface area (Å²) in [4.78, 5) is 29.5. The summed E-state index contributed by atoms with van der Waals surface area (Å²) in [7, 11) is 0. The zero-order valence-electron chi connectivity index (χ0n) is 17.3. The molecule has 0 radical (unpaired) electrons. The van der Waals surface area contributed by atoms with Gasteiger partial charge in [-0.15, -0.1) is 11.3 Å². The standard InChI is InChI=1S/C21H20F3N5O3S/c22-21(23,24)17-11-14(16-4-2-10-33-16)26-18-13(12-25-29(17)18)19(30)27-5-7-28(8-6-27)20(31)15-3-1-9-32-15/h1-4,9-10,12,14,17,26H,5-8,11H2/t14-,17-/m1/s1. The highest BCUT2D eigenvalue weighted by atomic mass is 32.1. The third-order valence-corrected chi connectivity index (χ3v) is 6.93. The van der Waals surface area contributed by atoms with Crippen LogP contribution in [0, 0.1) is 0 Å². The molecule has 5 heterocycles. The van der Waals surface area contributed by atoms with E-state index in [2.05, 4.69) is 10.4 Å². The summed E-state index contributed by atoms with van der Waals surface area (Å²) in [5.41, 5.74) is 0.0938. The predicted octanol–water partition coefficient (Wildman–Crippen LogP) is 3.80. The Kier molecular flexibility index (Phi) is 5.39. The maximum atomic E-state index is 13.8. The lowest BCUT2D eigenvalue weighted by molar-refractivity contribution is -0.173. The smallest absolute Gasteiger partial charge is 0.410 e. The molecule has 2 aliphatic rings. The fraction of sp³-hybridized carbons (Fsp3) is 0.381. The number of nitrogens with one attached hydrogen (secondary N) is 1. The molecule has 0 unspecified atom stereocenters. The number of aromatic nitrogens is 2. The molecular weight excluding hydrogens is 459 g/mol. The maximum absolute atomic E-state index is 13.8. The van der Waals surface area contributed by atoms with Crippen molar-refractivity contribution in [2.45, 2.75) is 24.7 Å². The molecule has 1 fully saturated rings. The van der Waals surface area contributed by atoms with Gasteiger partial charge in [0.1, 0.15) is 11.4 Å². The van der Waals surface area contributed by atoms with Crippen LogP contribution in [-0.4, -0.2) is 63.7 Å². The van der Waals surface area contributed by atoms with Gasteiger partial charge in [-0.2, -0.15) is 18.3 Å². The molecule has 1 N–H and O–H groups in total. The van der Waals surface area contributed by atoms with Crippen molar-refractivity contribution in [2.75, 3.05) is 31.5 Å². The predicted molar refractivity (Wildman–Crippen MR) is 113 cm³/mol. The number of carbonyl (C=O) groups excluding carboxylic acids is 2. The molecule has 3 aromatic rings. The zero-order chi connectivity index (χ0) is 23.2. The summed E-state index contributed by atoms with van der Waals surface area (Å²) in [5, 5.41) is 8.84. The van der Waals surface area contributed by atoms with Crippen molar-refractivity contribution >= 4 is 29.0 Å². The molecule has 8 nitrogen and oxygen atoms in total. The highest BCUT2D eigenvalue weighted by Gasteiger charge is 2.47. The second-order valence-electron chi connectivity index (χ2n) is 7.92. The molecule has 2 amide bonds. The first-order chi connectivity index (χ1) is 15.8. The van der Waals surface area contributed by atoms with Crippen LogP contribution in [0.5, 0.6) is 0 Å². The molecule has 0 bridgehead atoms. The van der Waals surface area contributed by atoms with Gasteiger partial charge in [-0.05, 0) is 23.6 Å². The van der Waals surface area contributed by atoms with Crippen LogP contribution in [0.1, 0.15) is 44.3 Å². The van der Waals surface area contributed by atoms with Crippen molar-refractivity contribution in [1.82, 2.24) is 19.6 Å². The number of furan rings is 1. The first kappa shape index (κ1) is 21.6. The van der Waals surface area contributed by atoms with Gasteiger partial charge in [-0.1, -0.05) is 6.07 Å². The van der Waals surface area contributed by atoms with E-state index in [0.29, 0.717) is 13.1 Å². The van der Waals surface area contributed by atoms with E-state index in [1.165, 1.54) is 28.7 Å². The van der Waals surface area contributed by atoms with E-state index in [1.54, 1.807) is 34.5 Å². The summed E-state index contributed by atoms with van der Waals surface area (Å²) < 4.78 is 47.4. The van der Waals surface area contributed by atoms with Crippen molar-refractivity contribution in [3.63, 3.8) is 0 Å². The minimum atomic E-state index is -4.50. The molecule has 5 rings (SSSR count). The molecule has 1 saturated heterocycles. The number of rotatable bonds is 3. The van der Waals surface area contributed by atoms with E-state index in [1.807, 2.05) is 0 Å². The van der Waals surface area contributed by atoms with Crippen LogP contribution in [0.15, 0.2) is 46.5 Å². The highest BCUT2D eigenvalue weighted by Crippen LogP contribution is 2.45. The molecule has 0 spiro atoms. The van der Waals surface area contributed by atoms with E-state index in [4.69, 9.17) is 4.42 Å². The Morgan fingerprint density at radius 2 is 1.82 bits per heavy atom. The topological polar surface area (TPSA) is 83.6 Å². The van der Waals surface area contributed by atoms with E-state index in [-0.39, 0.29) is 42.6 Å². The number of thiophene rings is 1. The van der Waals surface area contributed by atoms with Crippen molar-refractivity contribution in [2.24, 2.45) is 0 Å². The number of hydrogen-bond acceptors (Lipinski definition) is 6. The molecule has 0 aliphatic carbocycles. The maximum Gasteiger partial charge on any atom is 0.410 e. The molecule has 0 aromatic carbocycles. The Morgan fingerprint density at radius 1 is 1.09 bits per heavy atom. The molecular formula is C21H20F3N5O3S. The van der Waals surface area contributed by atoms with Gasteiger partial charge in [0.15, 0.2) is 11.8 Å². The summed E-state index contributed by atoms with van der Waals surface area (Å²) in [6.07, 6.45) is -2.10. The number of nitrogens with zero attached hydrogens (tertiary/aromatic N) is 4. The summed E-state index contributed by atoms with van der Waals surface area (Å²) >= 11 is 1.36. The lowest BCUT2D eigenvalue weighted by Gasteiger charge is -2.35. The van der Waals surface area contributed by atoms with Crippen LogP contribution in [0.4, 0.5) is 19.0 Å². The average molecular weight is 479 g/mol. The lowest BCUT2D eigenvalue weighted by Crippen LogP contribution is -2.50. The van der Waals surface area contributed by atoms with Crippen molar-refractivity contribution in [3.8, 4) is 0 Å². The lowest BCUT2D eigenvalue weighted by atomic mass is 10.0. The fourth-order valence-corrected chi connectivity index (χ4v) is 5.02. The fourth-order valence-electron chi connectivity index (χ4n) is 4.23. The summed E-state index contributed by atoms with van der Waals surface area (Å²) in [6, 6.07) is 4.36. The van der Waals surface area contributed by atoms with Gasteiger partial charge in [0.25, 0.3) is 11.8 Å². The first-order valence-corrected chi connectivity index (χ1v) is 11.3. The molecule has 0 saturated carbocycles. The van der Waals surface area contributed by atoms with Crippen LogP contribution in [0.3, 0.4) is 0 Å². The van der Waals surface area contributed by atoms with Gasteiger partial charge in [-0.25, -0.2) is 4.68 Å². The second kappa shape index (κ2) is 8.25. The largest absolute Gasteiger partial charge is 0.459 e. The van der Waals surface area contributed by atoms with Crippen LogP contribution >= 0.6 is 11.3 Å². The number of halogens is 3. The van der Waals surface area contributed by atoms with Crippen LogP contribution in [0.2, 0.25) is 0 Å². The molecule has 3 aromatic heterocycles. The van der Waals surface area contributed by atoms with E-state index < -0.39 is 24.2 Å². The Morgan fingerprint density at radius 3 is 2.42 bits per heavy atom. The van der Waals surface area contributed by atoms with Crippen molar-refractivity contribution < 1.29 is 27.2 Å². The number of anilines is 1. The highest BCUT2D eigenvalue weighted by molar-refractivity contribution is 7.10. The van der Waals surface area contributed by atoms with E-state index >= 15 is 0 Å². The Balaban J connectivity index is 1.35. The van der Waals surface area contributed by atoms with Crippen molar-refractivity contribution in [3.05, 3.63) is 58.3 Å². The molecule has 2 aliphatic heterocycles. The summed E-state index contributed by atoms with van der Waals surface area (Å²) in [6.45, 7) is 1.11. The SMILES string of the molecule is O=C(c1ccco1)N1CCN(C(=O)c2cnn3c2N[C@@H](c2cccs2)C[C@@H]3C(F)(F)F)CC1. The minimum absolute atomic E-state index is 0.0704. The quantitative estimate of drug-likeness (QED) is 0.618. The number of carbonyl (C=O) groups is 2. The Bertz CT molecular complexity index is 1130. The monoisotopic (exact) mass is 479 g/mol. The van der Waals surface area contributed by atoms with Crippen LogP contribution < -0.4 is 5.32 Å². The van der Waals surface area contributed by atoms with Crippen molar-refractivity contribution in [1.29, 1.82) is 0 Å². The number of alkyl halides is 3. The zero-order valence-corrected chi connectivity index (χ0v) is 18.1. The van der Waals surface area contributed by atoms with Gasteiger partial charge >= 0.3 is 6.18 Å². The van der Waals surface area contributed by atoms with Gasteiger partial charge in [0.2, 0.25) is 0 Å². The van der Waals surface area contributed by atoms with Crippen LogP contribution in [-0.2, 0) is 0 Å². The molecule has 12 heteroatoms. The third-order valence-electron chi connectivity index (χ3n) is 5.94. The van der Waals surface area contributed by atoms with Gasteiger partial charge in [0, 0.05) is 37.5 Å². The van der Waals surface area contributed by atoms with Gasteiger partial charge in [0.05, 0.1) is 18.5 Å². The molecule has 174 valence electrons. The molecule has 33 heavy (non-hydrogen) atoms. The van der Waals surface area contributed by atoms with Gasteiger partial charge in [-0.3, -0.25) is 9.59 Å². The Hall–Kier alpha value is -3.28. The Labute approximate surface area is 190 Å². The third kappa shape index (κ3) is 3.99. The number of piperazine rings is 1. The van der Waals surface area contributed by atoms with E-state index in [9.17, 15) is 22.8 Å². The first-order valence-electron chi connectivity index (χ1n) is 10.4. The normalized spacial score (nSPS) is 20.9. The summed E-state index contributed by atoms with van der Waals surface area (Å²) in [5.74, 6) is -0.381. The van der Waals surface area contributed by atoms with Crippen LogP contribution in [0.25, 0.3) is 0 Å². The van der Waals surface area contributed by atoms with Gasteiger partial charge < -0.3 is 19.5 Å². The number of amides is 2. The molecule has 2 atom stereocenters.